The molecule has 1 aromatic carbocycles. The van der Waals surface area contributed by atoms with Gasteiger partial charge in [-0.15, -0.1) is 0 Å². The lowest BCUT2D eigenvalue weighted by Gasteiger charge is -2.34. The Hall–Kier alpha value is -3.14. The second kappa shape index (κ2) is 13.1. The average molecular weight is 496 g/mol. The Kier molecular flexibility index (Phi) is 11.2. The van der Waals surface area contributed by atoms with Crippen LogP contribution in [0.2, 0.25) is 0 Å². The molecule has 1 aromatic rings. The Balaban J connectivity index is 3.44. The van der Waals surface area contributed by atoms with E-state index in [9.17, 15) is 24.3 Å². The van der Waals surface area contributed by atoms with Crippen LogP contribution in [0.3, 0.4) is 0 Å². The third-order valence-corrected chi connectivity index (χ3v) is 5.39. The van der Waals surface area contributed by atoms with Crippen molar-refractivity contribution in [2.75, 3.05) is 0 Å². The van der Waals surface area contributed by atoms with Crippen LogP contribution in [0.1, 0.15) is 79.7 Å². The van der Waals surface area contributed by atoms with Crippen molar-refractivity contribution in [1.29, 1.82) is 0 Å². The fraction of sp³-hybridized carbons (Fsp3) is 0.600. The lowest BCUT2D eigenvalue weighted by Crippen LogP contribution is -2.60. The number of hydrogen-bond donors (Lipinski definition) is 2. The highest BCUT2D eigenvalue weighted by atomic mass is 16.8. The first-order valence-corrected chi connectivity index (χ1v) is 11.8. The highest BCUT2D eigenvalue weighted by Crippen LogP contribution is 2.31. The summed E-state index contributed by atoms with van der Waals surface area (Å²) in [6, 6.07) is 3.95. The first kappa shape index (κ1) is 29.9. The minimum Gasteiger partial charge on any atom is -0.477 e. The van der Waals surface area contributed by atoms with Crippen LogP contribution in [0.15, 0.2) is 18.2 Å². The number of carbonyl (C=O) groups excluding carboxylic acids is 3. The van der Waals surface area contributed by atoms with E-state index in [1.54, 1.807) is 34.6 Å². The molecule has 0 saturated carbocycles. The van der Waals surface area contributed by atoms with Crippen LogP contribution in [-0.2, 0) is 30.3 Å². The number of carboxylic acid groups (broad SMARTS) is 1. The topological polar surface area (TPSA) is 137 Å². The average Bonchev–Trinajstić information content (AvgIpc) is 2.79. The monoisotopic (exact) mass is 495 g/mol. The van der Waals surface area contributed by atoms with E-state index < -0.39 is 35.4 Å². The molecule has 0 aliphatic rings. The number of ether oxygens (including phenoxy) is 4. The van der Waals surface area contributed by atoms with Gasteiger partial charge in [0.15, 0.2) is 11.5 Å². The van der Waals surface area contributed by atoms with Gasteiger partial charge in [0.1, 0.15) is 5.60 Å². The zero-order chi connectivity index (χ0) is 26.8. The standard InChI is InChI=1S/C25H37NO9/c1-8-16(5)26-25(22(29)30,35-23(31)34-24(6,7)11-4)15-17-12-13-18(32-20(27)9-2)19(14-17)33-21(28)10-3/h12-14,16,26H,8-11,15H2,1-7H3,(H,29,30)/t16?,25-/m0/s1. The number of carboxylic acids is 1. The van der Waals surface area contributed by atoms with Crippen molar-refractivity contribution >= 4 is 24.1 Å². The summed E-state index contributed by atoms with van der Waals surface area (Å²) in [5, 5.41) is 13.0. The normalized spacial score (nSPS) is 13.8. The van der Waals surface area contributed by atoms with E-state index in [1.165, 1.54) is 18.2 Å². The van der Waals surface area contributed by atoms with Crippen molar-refractivity contribution in [3.63, 3.8) is 0 Å². The summed E-state index contributed by atoms with van der Waals surface area (Å²) < 4.78 is 21.3. The van der Waals surface area contributed by atoms with Crippen LogP contribution in [0.25, 0.3) is 0 Å². The van der Waals surface area contributed by atoms with E-state index in [4.69, 9.17) is 18.9 Å². The third kappa shape index (κ3) is 9.20. The predicted octanol–water partition coefficient (Wildman–Crippen LogP) is 4.37. The van der Waals surface area contributed by atoms with Gasteiger partial charge in [-0.3, -0.25) is 14.9 Å². The maximum atomic E-state index is 12.6. The Morgan fingerprint density at radius 1 is 0.943 bits per heavy atom. The van der Waals surface area contributed by atoms with Crippen LogP contribution in [-0.4, -0.2) is 46.5 Å². The van der Waals surface area contributed by atoms with Crippen LogP contribution in [0, 0.1) is 0 Å². The molecule has 10 heteroatoms. The van der Waals surface area contributed by atoms with Gasteiger partial charge in [-0.05, 0) is 51.3 Å². The smallest absolute Gasteiger partial charge is 0.477 e. The molecule has 0 aromatic heterocycles. The molecule has 0 fully saturated rings. The Bertz CT molecular complexity index is 912. The van der Waals surface area contributed by atoms with Crippen molar-refractivity contribution in [2.45, 2.75) is 97.9 Å². The molecule has 2 atom stereocenters. The fourth-order valence-electron chi connectivity index (χ4n) is 2.76. The van der Waals surface area contributed by atoms with Gasteiger partial charge in [-0.1, -0.05) is 33.8 Å². The zero-order valence-electron chi connectivity index (χ0n) is 21.6. The molecule has 1 unspecified atom stereocenters. The van der Waals surface area contributed by atoms with Crippen molar-refractivity contribution in [3.05, 3.63) is 23.8 Å². The summed E-state index contributed by atoms with van der Waals surface area (Å²) in [6.45, 7) is 12.0. The molecule has 0 heterocycles. The molecule has 10 nitrogen and oxygen atoms in total. The predicted molar refractivity (Wildman–Crippen MR) is 127 cm³/mol. The van der Waals surface area contributed by atoms with Gasteiger partial charge >= 0.3 is 24.1 Å². The molecule has 0 radical (unpaired) electrons. The molecule has 196 valence electrons. The third-order valence-electron chi connectivity index (χ3n) is 5.39. The summed E-state index contributed by atoms with van der Waals surface area (Å²) >= 11 is 0. The fourth-order valence-corrected chi connectivity index (χ4v) is 2.76. The molecule has 1 rings (SSSR count). The summed E-state index contributed by atoms with van der Waals surface area (Å²) in [6.07, 6.45) is -0.242. The minimum absolute atomic E-state index is 0.0169. The number of hydrogen-bond acceptors (Lipinski definition) is 9. The van der Waals surface area contributed by atoms with Crippen molar-refractivity contribution in [1.82, 2.24) is 5.32 Å². The molecule has 0 spiro atoms. The SMILES string of the molecule is CCC(=O)Oc1ccc(C[C@](NC(C)CC)(OC(=O)OC(C)(C)CC)C(=O)O)cc1OC(=O)CC. The van der Waals surface area contributed by atoms with Gasteiger partial charge in [0.25, 0.3) is 5.72 Å². The van der Waals surface area contributed by atoms with Crippen molar-refractivity contribution < 1.29 is 43.2 Å². The van der Waals surface area contributed by atoms with E-state index in [-0.39, 0.29) is 36.8 Å². The number of carbonyl (C=O) groups is 4. The number of aliphatic carboxylic acids is 1. The summed E-state index contributed by atoms with van der Waals surface area (Å²) in [5.41, 5.74) is -2.69. The van der Waals surface area contributed by atoms with Crippen LogP contribution in [0.4, 0.5) is 4.79 Å². The quantitative estimate of drug-likeness (QED) is 0.230. The zero-order valence-corrected chi connectivity index (χ0v) is 21.6. The maximum absolute atomic E-state index is 12.6. The number of benzene rings is 1. The van der Waals surface area contributed by atoms with Crippen molar-refractivity contribution in [2.24, 2.45) is 0 Å². The highest BCUT2D eigenvalue weighted by molar-refractivity contribution is 5.81. The van der Waals surface area contributed by atoms with Gasteiger partial charge in [0.2, 0.25) is 0 Å². The van der Waals surface area contributed by atoms with Gasteiger partial charge in [-0.2, -0.15) is 0 Å². The van der Waals surface area contributed by atoms with Crippen LogP contribution >= 0.6 is 0 Å². The second-order valence-corrected chi connectivity index (χ2v) is 8.77. The number of nitrogens with one attached hydrogen (secondary N) is 1. The van der Waals surface area contributed by atoms with Crippen molar-refractivity contribution in [3.8, 4) is 11.5 Å². The van der Waals surface area contributed by atoms with E-state index in [1.807, 2.05) is 13.8 Å². The first-order chi connectivity index (χ1) is 16.3. The molecule has 35 heavy (non-hydrogen) atoms. The number of rotatable bonds is 13. The second-order valence-electron chi connectivity index (χ2n) is 8.77. The van der Waals surface area contributed by atoms with Crippen LogP contribution in [0.5, 0.6) is 11.5 Å². The summed E-state index contributed by atoms with van der Waals surface area (Å²) in [5.74, 6) is -2.57. The molecular formula is C25H37NO9. The van der Waals surface area contributed by atoms with Gasteiger partial charge in [0.05, 0.1) is 0 Å². The van der Waals surface area contributed by atoms with E-state index in [2.05, 4.69) is 5.32 Å². The lowest BCUT2D eigenvalue weighted by atomic mass is 10.00. The molecule has 0 saturated heterocycles. The van der Waals surface area contributed by atoms with E-state index in [0.717, 1.165) is 0 Å². The van der Waals surface area contributed by atoms with Gasteiger partial charge < -0.3 is 24.1 Å². The molecule has 0 bridgehead atoms. The largest absolute Gasteiger partial charge is 0.511 e. The molecule has 0 amide bonds. The Morgan fingerprint density at radius 2 is 1.51 bits per heavy atom. The Morgan fingerprint density at radius 3 is 2.00 bits per heavy atom. The minimum atomic E-state index is -2.18. The summed E-state index contributed by atoms with van der Waals surface area (Å²) in [7, 11) is 0. The molecular weight excluding hydrogens is 458 g/mol. The maximum Gasteiger partial charge on any atom is 0.511 e. The first-order valence-electron chi connectivity index (χ1n) is 11.8. The number of esters is 2. The molecule has 0 aliphatic carbocycles. The van der Waals surface area contributed by atoms with E-state index >= 15 is 0 Å². The lowest BCUT2D eigenvalue weighted by molar-refractivity contribution is -0.169. The van der Waals surface area contributed by atoms with Crippen LogP contribution < -0.4 is 14.8 Å². The van der Waals surface area contributed by atoms with E-state index in [0.29, 0.717) is 18.4 Å². The van der Waals surface area contributed by atoms with Gasteiger partial charge in [-0.25, -0.2) is 9.59 Å². The Labute approximate surface area is 206 Å². The molecule has 0 aliphatic heterocycles. The molecule has 2 N–H and O–H groups in total. The highest BCUT2D eigenvalue weighted by Gasteiger charge is 2.45. The summed E-state index contributed by atoms with van der Waals surface area (Å²) in [4.78, 5) is 48.8. The van der Waals surface area contributed by atoms with Gasteiger partial charge in [0, 0.05) is 25.3 Å².